The predicted molar refractivity (Wildman–Crippen MR) is 93.3 cm³/mol. The van der Waals surface area contributed by atoms with Gasteiger partial charge in [-0.05, 0) is 50.7 Å². The molecule has 6 heteroatoms. The van der Waals surface area contributed by atoms with Crippen LogP contribution < -0.4 is 5.32 Å². The smallest absolute Gasteiger partial charge is 0.229 e. The van der Waals surface area contributed by atoms with Gasteiger partial charge in [-0.15, -0.1) is 0 Å². The molecule has 126 valence electrons. The van der Waals surface area contributed by atoms with Gasteiger partial charge >= 0.3 is 0 Å². The SMILES string of the molecule is CCOCCCNc1ncnc2c1oc1nc3c(cc12)CCCC3. The molecule has 4 rings (SSSR count). The Morgan fingerprint density at radius 3 is 3.08 bits per heavy atom. The molecule has 0 saturated carbocycles. The molecule has 0 atom stereocenters. The second-order valence-corrected chi connectivity index (χ2v) is 6.13. The minimum Gasteiger partial charge on any atom is -0.432 e. The van der Waals surface area contributed by atoms with Gasteiger partial charge in [0.25, 0.3) is 0 Å². The molecule has 0 aromatic carbocycles. The summed E-state index contributed by atoms with van der Waals surface area (Å²) in [6.45, 7) is 4.28. The molecular weight excluding hydrogens is 304 g/mol. The maximum absolute atomic E-state index is 6.00. The lowest BCUT2D eigenvalue weighted by molar-refractivity contribution is 0.147. The van der Waals surface area contributed by atoms with E-state index in [1.807, 2.05) is 6.92 Å². The first-order valence-corrected chi connectivity index (χ1v) is 8.74. The summed E-state index contributed by atoms with van der Waals surface area (Å²) in [7, 11) is 0. The molecule has 6 nitrogen and oxygen atoms in total. The molecular formula is C18H22N4O2. The van der Waals surface area contributed by atoms with Crippen LogP contribution in [0.1, 0.15) is 37.4 Å². The number of rotatable bonds is 6. The number of anilines is 1. The summed E-state index contributed by atoms with van der Waals surface area (Å²) in [4.78, 5) is 13.5. The van der Waals surface area contributed by atoms with Crippen LogP contribution in [0.15, 0.2) is 16.8 Å². The first-order chi connectivity index (χ1) is 11.9. The van der Waals surface area contributed by atoms with Gasteiger partial charge in [-0.1, -0.05) is 0 Å². The Balaban J connectivity index is 1.66. The second-order valence-electron chi connectivity index (χ2n) is 6.13. The molecule has 1 aliphatic carbocycles. The number of furan rings is 1. The highest BCUT2D eigenvalue weighted by atomic mass is 16.5. The van der Waals surface area contributed by atoms with Crippen LogP contribution in [0.4, 0.5) is 5.82 Å². The van der Waals surface area contributed by atoms with E-state index in [1.165, 1.54) is 24.1 Å². The Labute approximate surface area is 140 Å². The molecule has 0 amide bonds. The number of aromatic nitrogens is 3. The zero-order valence-electron chi connectivity index (χ0n) is 14.0. The monoisotopic (exact) mass is 326 g/mol. The Bertz CT molecular complexity index is 859. The molecule has 0 fully saturated rings. The van der Waals surface area contributed by atoms with E-state index in [-0.39, 0.29) is 0 Å². The van der Waals surface area contributed by atoms with Crippen molar-refractivity contribution in [2.45, 2.75) is 39.0 Å². The van der Waals surface area contributed by atoms with Crippen molar-refractivity contribution in [3.05, 3.63) is 23.7 Å². The van der Waals surface area contributed by atoms with Crippen molar-refractivity contribution in [3.8, 4) is 0 Å². The molecule has 0 saturated heterocycles. The number of pyridine rings is 1. The molecule has 0 aliphatic heterocycles. The Hall–Kier alpha value is -2.21. The molecule has 0 spiro atoms. The zero-order chi connectivity index (χ0) is 16.4. The van der Waals surface area contributed by atoms with Gasteiger partial charge in [-0.2, -0.15) is 0 Å². The predicted octanol–water partition coefficient (Wildman–Crippen LogP) is 3.49. The minimum absolute atomic E-state index is 0.670. The van der Waals surface area contributed by atoms with E-state index in [4.69, 9.17) is 14.1 Å². The van der Waals surface area contributed by atoms with Crippen LogP contribution in [0.25, 0.3) is 22.2 Å². The van der Waals surface area contributed by atoms with Crippen LogP contribution in [0, 0.1) is 0 Å². The molecule has 3 aromatic rings. The fraction of sp³-hybridized carbons (Fsp3) is 0.500. The maximum Gasteiger partial charge on any atom is 0.229 e. The van der Waals surface area contributed by atoms with Crippen molar-refractivity contribution in [1.29, 1.82) is 0 Å². The fourth-order valence-electron chi connectivity index (χ4n) is 3.27. The molecule has 3 aromatic heterocycles. The number of nitrogens with zero attached hydrogens (tertiary/aromatic N) is 3. The molecule has 1 N–H and O–H groups in total. The van der Waals surface area contributed by atoms with Gasteiger partial charge in [-0.3, -0.25) is 0 Å². The summed E-state index contributed by atoms with van der Waals surface area (Å²) < 4.78 is 11.4. The fourth-order valence-corrected chi connectivity index (χ4v) is 3.27. The number of hydrogen-bond acceptors (Lipinski definition) is 6. The quantitative estimate of drug-likeness (QED) is 0.699. The third-order valence-electron chi connectivity index (χ3n) is 4.49. The van der Waals surface area contributed by atoms with E-state index in [9.17, 15) is 0 Å². The number of nitrogens with one attached hydrogen (secondary N) is 1. The van der Waals surface area contributed by atoms with Crippen LogP contribution in [0.3, 0.4) is 0 Å². The minimum atomic E-state index is 0.670. The van der Waals surface area contributed by atoms with Crippen molar-refractivity contribution in [2.24, 2.45) is 0 Å². The van der Waals surface area contributed by atoms with Gasteiger partial charge in [-0.25, -0.2) is 15.0 Å². The molecule has 24 heavy (non-hydrogen) atoms. The first-order valence-electron chi connectivity index (χ1n) is 8.74. The van der Waals surface area contributed by atoms with Crippen molar-refractivity contribution < 1.29 is 9.15 Å². The van der Waals surface area contributed by atoms with Crippen LogP contribution in [0.5, 0.6) is 0 Å². The first kappa shape index (κ1) is 15.3. The Morgan fingerprint density at radius 2 is 2.17 bits per heavy atom. The van der Waals surface area contributed by atoms with Gasteiger partial charge < -0.3 is 14.5 Å². The van der Waals surface area contributed by atoms with E-state index in [1.54, 1.807) is 6.33 Å². The highest BCUT2D eigenvalue weighted by molar-refractivity contribution is 6.04. The van der Waals surface area contributed by atoms with Gasteiger partial charge in [0.1, 0.15) is 11.8 Å². The zero-order valence-corrected chi connectivity index (χ0v) is 14.0. The van der Waals surface area contributed by atoms with Crippen molar-refractivity contribution in [2.75, 3.05) is 25.1 Å². The third-order valence-corrected chi connectivity index (χ3v) is 4.49. The highest BCUT2D eigenvalue weighted by Gasteiger charge is 2.18. The van der Waals surface area contributed by atoms with Crippen LogP contribution in [0.2, 0.25) is 0 Å². The van der Waals surface area contributed by atoms with Gasteiger partial charge in [0.05, 0.1) is 5.39 Å². The highest BCUT2D eigenvalue weighted by Crippen LogP contribution is 2.32. The maximum atomic E-state index is 6.00. The lowest BCUT2D eigenvalue weighted by Gasteiger charge is -2.13. The van der Waals surface area contributed by atoms with Crippen LogP contribution in [-0.4, -0.2) is 34.7 Å². The second kappa shape index (κ2) is 6.73. The van der Waals surface area contributed by atoms with Crippen molar-refractivity contribution >= 4 is 28.0 Å². The molecule has 0 unspecified atom stereocenters. The summed E-state index contributed by atoms with van der Waals surface area (Å²) >= 11 is 0. The summed E-state index contributed by atoms with van der Waals surface area (Å²) in [5, 5.41) is 4.32. The van der Waals surface area contributed by atoms with E-state index < -0.39 is 0 Å². The van der Waals surface area contributed by atoms with Gasteiger partial charge in [0.15, 0.2) is 11.4 Å². The third kappa shape index (κ3) is 2.82. The number of ether oxygens (including phenoxy) is 1. The molecule has 0 radical (unpaired) electrons. The lowest BCUT2D eigenvalue weighted by Crippen LogP contribution is -2.07. The summed E-state index contributed by atoms with van der Waals surface area (Å²) in [6.07, 6.45) is 7.08. The summed E-state index contributed by atoms with van der Waals surface area (Å²) in [6, 6.07) is 2.20. The largest absolute Gasteiger partial charge is 0.432 e. The molecule has 3 heterocycles. The summed E-state index contributed by atoms with van der Waals surface area (Å²) in [5.41, 5.74) is 4.71. The standard InChI is InChI=1S/C18H22N4O2/c1-2-23-9-5-8-19-17-16-15(20-11-21-17)13-10-12-6-3-4-7-14(12)22-18(13)24-16/h10-11H,2-9H2,1H3,(H,19,20,21). The lowest BCUT2D eigenvalue weighted by atomic mass is 9.95. The average Bonchev–Trinajstić information content (AvgIpc) is 2.98. The van der Waals surface area contributed by atoms with E-state index >= 15 is 0 Å². The van der Waals surface area contributed by atoms with Crippen LogP contribution >= 0.6 is 0 Å². The number of fused-ring (bicyclic) bond motifs is 4. The summed E-state index contributed by atoms with van der Waals surface area (Å²) in [5.74, 6) is 0.729. The Morgan fingerprint density at radius 1 is 1.25 bits per heavy atom. The van der Waals surface area contributed by atoms with Crippen molar-refractivity contribution in [3.63, 3.8) is 0 Å². The van der Waals surface area contributed by atoms with E-state index in [0.717, 1.165) is 55.7 Å². The van der Waals surface area contributed by atoms with Gasteiger partial charge in [0, 0.05) is 25.5 Å². The van der Waals surface area contributed by atoms with E-state index in [2.05, 4.69) is 21.4 Å². The van der Waals surface area contributed by atoms with Crippen LogP contribution in [-0.2, 0) is 17.6 Å². The topological polar surface area (TPSA) is 73.1 Å². The van der Waals surface area contributed by atoms with Gasteiger partial charge in [0.2, 0.25) is 5.71 Å². The van der Waals surface area contributed by atoms with Crippen molar-refractivity contribution in [1.82, 2.24) is 15.0 Å². The average molecular weight is 326 g/mol. The van der Waals surface area contributed by atoms with E-state index in [0.29, 0.717) is 11.3 Å². The number of aryl methyl sites for hydroxylation is 2. The molecule has 0 bridgehead atoms. The number of hydrogen-bond donors (Lipinski definition) is 1. The normalized spacial score (nSPS) is 14.2. The molecule has 1 aliphatic rings. The Kier molecular flexibility index (Phi) is 4.30.